The molecule has 1 heterocycles. The second kappa shape index (κ2) is 6.38. The molecule has 2 N–H and O–H groups in total. The number of hydrogen-bond acceptors (Lipinski definition) is 4. The van der Waals surface area contributed by atoms with Crippen LogP contribution in [0, 0.1) is 13.8 Å². The van der Waals surface area contributed by atoms with E-state index in [1.807, 2.05) is 63.2 Å². The Morgan fingerprint density at radius 3 is 2.74 bits per heavy atom. The second-order valence-corrected chi connectivity index (χ2v) is 6.87. The summed E-state index contributed by atoms with van der Waals surface area (Å²) in [5.74, 6) is -0.0591. The second-order valence-electron chi connectivity index (χ2n) is 5.64. The summed E-state index contributed by atoms with van der Waals surface area (Å²) in [4.78, 5) is 16.8. The van der Waals surface area contributed by atoms with Crippen LogP contribution in [0.3, 0.4) is 0 Å². The van der Waals surface area contributed by atoms with Crippen molar-refractivity contribution in [2.24, 2.45) is 0 Å². The van der Waals surface area contributed by atoms with Crippen molar-refractivity contribution < 1.29 is 4.79 Å². The summed E-state index contributed by atoms with van der Waals surface area (Å²) in [6.07, 6.45) is 0. The van der Waals surface area contributed by atoms with Crippen LogP contribution >= 0.6 is 11.3 Å². The van der Waals surface area contributed by atoms with Crippen LogP contribution in [-0.2, 0) is 4.79 Å². The number of aromatic nitrogens is 1. The predicted molar refractivity (Wildman–Crippen MR) is 97.3 cm³/mol. The molecule has 0 unspecified atom stereocenters. The summed E-state index contributed by atoms with van der Waals surface area (Å²) in [6.45, 7) is 5.85. The van der Waals surface area contributed by atoms with E-state index in [0.29, 0.717) is 0 Å². The number of nitrogens with zero attached hydrogens (tertiary/aromatic N) is 1. The van der Waals surface area contributed by atoms with Crippen molar-refractivity contribution >= 4 is 38.8 Å². The van der Waals surface area contributed by atoms with E-state index in [1.165, 1.54) is 0 Å². The fourth-order valence-corrected chi connectivity index (χ4v) is 3.28. The number of benzene rings is 2. The van der Waals surface area contributed by atoms with Gasteiger partial charge in [0.1, 0.15) is 6.04 Å². The number of thiazole rings is 1. The summed E-state index contributed by atoms with van der Waals surface area (Å²) < 4.78 is 1.12. The third kappa shape index (κ3) is 3.68. The Bertz CT molecular complexity index is 856. The number of carbonyl (C=O) groups excluding carboxylic acids is 1. The van der Waals surface area contributed by atoms with Gasteiger partial charge in [0.05, 0.1) is 15.2 Å². The van der Waals surface area contributed by atoms with Gasteiger partial charge in [-0.3, -0.25) is 4.79 Å². The van der Waals surface area contributed by atoms with Gasteiger partial charge < -0.3 is 10.6 Å². The highest BCUT2D eigenvalue weighted by atomic mass is 32.1. The first-order valence-corrected chi connectivity index (χ1v) is 8.34. The molecule has 23 heavy (non-hydrogen) atoms. The molecule has 0 fully saturated rings. The normalized spacial score (nSPS) is 12.1. The fraction of sp³-hybridized carbons (Fsp3) is 0.222. The molecule has 3 rings (SSSR count). The van der Waals surface area contributed by atoms with E-state index in [-0.39, 0.29) is 11.9 Å². The summed E-state index contributed by atoms with van der Waals surface area (Å²) in [5, 5.41) is 7.22. The van der Waals surface area contributed by atoms with Crippen molar-refractivity contribution in [1.82, 2.24) is 4.98 Å². The Hall–Kier alpha value is -2.40. The van der Waals surface area contributed by atoms with Crippen LogP contribution in [0.1, 0.15) is 17.5 Å². The number of aryl methyl sites for hydroxylation is 2. The molecule has 2 aromatic carbocycles. The van der Waals surface area contributed by atoms with Gasteiger partial charge >= 0.3 is 0 Å². The molecule has 0 aliphatic heterocycles. The number of amides is 1. The molecule has 3 aromatic rings. The highest BCUT2D eigenvalue weighted by Gasteiger charge is 2.13. The number of carbonyl (C=O) groups is 1. The zero-order chi connectivity index (χ0) is 16.4. The van der Waals surface area contributed by atoms with Crippen molar-refractivity contribution in [3.05, 3.63) is 53.0 Å². The maximum absolute atomic E-state index is 12.3. The Labute approximate surface area is 139 Å². The van der Waals surface area contributed by atoms with Crippen molar-refractivity contribution in [2.45, 2.75) is 26.8 Å². The lowest BCUT2D eigenvalue weighted by atomic mass is 10.2. The Morgan fingerprint density at radius 1 is 1.13 bits per heavy atom. The van der Waals surface area contributed by atoms with Crippen molar-refractivity contribution in [2.75, 3.05) is 10.6 Å². The molecule has 5 heteroatoms. The summed E-state index contributed by atoms with van der Waals surface area (Å²) in [5.41, 5.74) is 3.86. The van der Waals surface area contributed by atoms with Crippen LogP contribution < -0.4 is 10.6 Å². The molecule has 0 aliphatic carbocycles. The lowest BCUT2D eigenvalue weighted by Crippen LogP contribution is -2.31. The van der Waals surface area contributed by atoms with E-state index >= 15 is 0 Å². The van der Waals surface area contributed by atoms with Gasteiger partial charge in [-0.15, -0.1) is 11.3 Å². The molecule has 1 amide bonds. The van der Waals surface area contributed by atoms with Crippen LogP contribution in [0.15, 0.2) is 42.5 Å². The number of hydrogen-bond donors (Lipinski definition) is 2. The molecule has 4 nitrogen and oxygen atoms in total. The first-order valence-electron chi connectivity index (χ1n) is 7.52. The van der Waals surface area contributed by atoms with E-state index in [2.05, 4.69) is 15.6 Å². The molecule has 1 aromatic heterocycles. The third-order valence-electron chi connectivity index (χ3n) is 3.56. The van der Waals surface area contributed by atoms with E-state index in [9.17, 15) is 4.79 Å². The summed E-state index contributed by atoms with van der Waals surface area (Å²) in [7, 11) is 0. The number of rotatable bonds is 4. The van der Waals surface area contributed by atoms with Crippen LogP contribution in [-0.4, -0.2) is 16.9 Å². The lowest BCUT2D eigenvalue weighted by Gasteiger charge is -2.15. The van der Waals surface area contributed by atoms with Gasteiger partial charge in [0.15, 0.2) is 0 Å². The minimum Gasteiger partial charge on any atom is -0.374 e. The van der Waals surface area contributed by atoms with E-state index < -0.39 is 0 Å². The Kier molecular flexibility index (Phi) is 4.30. The van der Waals surface area contributed by atoms with E-state index in [4.69, 9.17) is 0 Å². The molecular formula is C18H19N3OS. The Morgan fingerprint density at radius 2 is 1.96 bits per heavy atom. The van der Waals surface area contributed by atoms with Crippen molar-refractivity contribution in [3.63, 3.8) is 0 Å². The van der Waals surface area contributed by atoms with Crippen LogP contribution in [0.25, 0.3) is 10.2 Å². The third-order valence-corrected chi connectivity index (χ3v) is 4.49. The molecule has 0 radical (unpaired) electrons. The topological polar surface area (TPSA) is 54.0 Å². The molecule has 0 aliphatic rings. The SMILES string of the molecule is Cc1cccc(NC(=O)[C@H](C)Nc2ccc3nc(C)sc3c2)c1. The zero-order valence-electron chi connectivity index (χ0n) is 13.4. The van der Waals surface area contributed by atoms with E-state index in [1.54, 1.807) is 11.3 Å². The summed E-state index contributed by atoms with van der Waals surface area (Å²) >= 11 is 1.65. The maximum Gasteiger partial charge on any atom is 0.246 e. The van der Waals surface area contributed by atoms with Crippen LogP contribution in [0.5, 0.6) is 0 Å². The van der Waals surface area contributed by atoms with E-state index in [0.717, 1.165) is 32.2 Å². The summed E-state index contributed by atoms with van der Waals surface area (Å²) in [6, 6.07) is 13.4. The molecule has 0 bridgehead atoms. The van der Waals surface area contributed by atoms with Crippen molar-refractivity contribution in [1.29, 1.82) is 0 Å². The van der Waals surface area contributed by atoms with Gasteiger partial charge in [-0.1, -0.05) is 12.1 Å². The molecule has 118 valence electrons. The predicted octanol–water partition coefficient (Wildman–Crippen LogP) is 4.35. The highest BCUT2D eigenvalue weighted by molar-refractivity contribution is 7.18. The Balaban J connectivity index is 1.69. The zero-order valence-corrected chi connectivity index (χ0v) is 14.2. The molecule has 0 saturated carbocycles. The van der Waals surface area contributed by atoms with Gasteiger partial charge in [0.25, 0.3) is 0 Å². The largest absolute Gasteiger partial charge is 0.374 e. The monoisotopic (exact) mass is 325 g/mol. The standard InChI is InChI=1S/C18H19N3OS/c1-11-5-4-6-14(9-11)21-18(22)12(2)19-15-7-8-16-17(10-15)23-13(3)20-16/h4-10,12,19H,1-3H3,(H,21,22)/t12-/m0/s1. The average Bonchev–Trinajstić information content (AvgIpc) is 2.86. The van der Waals surface area contributed by atoms with Crippen LogP contribution in [0.4, 0.5) is 11.4 Å². The number of nitrogens with one attached hydrogen (secondary N) is 2. The first kappa shape index (κ1) is 15.5. The minimum absolute atomic E-state index is 0.0591. The van der Waals surface area contributed by atoms with Gasteiger partial charge in [-0.2, -0.15) is 0 Å². The quantitative estimate of drug-likeness (QED) is 0.749. The number of anilines is 2. The minimum atomic E-state index is -0.331. The lowest BCUT2D eigenvalue weighted by molar-refractivity contribution is -0.116. The van der Waals surface area contributed by atoms with Crippen molar-refractivity contribution in [3.8, 4) is 0 Å². The van der Waals surface area contributed by atoms with Gasteiger partial charge in [0.2, 0.25) is 5.91 Å². The highest BCUT2D eigenvalue weighted by Crippen LogP contribution is 2.25. The van der Waals surface area contributed by atoms with Gasteiger partial charge in [-0.05, 0) is 56.7 Å². The number of fused-ring (bicyclic) bond motifs is 1. The molecule has 0 spiro atoms. The first-order chi connectivity index (χ1) is 11.0. The smallest absolute Gasteiger partial charge is 0.246 e. The molecule has 0 saturated heterocycles. The van der Waals surface area contributed by atoms with Gasteiger partial charge in [-0.25, -0.2) is 4.98 Å². The maximum atomic E-state index is 12.3. The van der Waals surface area contributed by atoms with Crippen LogP contribution in [0.2, 0.25) is 0 Å². The molecule has 1 atom stereocenters. The van der Waals surface area contributed by atoms with Gasteiger partial charge in [0, 0.05) is 11.4 Å². The molecular weight excluding hydrogens is 306 g/mol. The average molecular weight is 325 g/mol. The fourth-order valence-electron chi connectivity index (χ4n) is 2.42.